The van der Waals surface area contributed by atoms with Crippen LogP contribution in [-0.4, -0.2) is 5.91 Å². The van der Waals surface area contributed by atoms with Crippen molar-refractivity contribution in [1.29, 1.82) is 0 Å². The molecule has 3 aromatic rings. The van der Waals surface area contributed by atoms with E-state index in [1.165, 1.54) is 16.9 Å². The Morgan fingerprint density at radius 3 is 2.75 bits per heavy atom. The highest BCUT2D eigenvalue weighted by Gasteiger charge is 2.10. The van der Waals surface area contributed by atoms with Gasteiger partial charge in [-0.15, -0.1) is 11.3 Å². The van der Waals surface area contributed by atoms with Crippen molar-refractivity contribution in [3.63, 3.8) is 0 Å². The lowest BCUT2D eigenvalue weighted by Gasteiger charge is -2.05. The lowest BCUT2D eigenvalue weighted by molar-refractivity contribution is 0.103. The number of aryl methyl sites for hydroxylation is 1. The van der Waals surface area contributed by atoms with Crippen LogP contribution in [0.25, 0.3) is 10.1 Å². The number of amides is 1. The van der Waals surface area contributed by atoms with Crippen molar-refractivity contribution in [2.24, 2.45) is 0 Å². The van der Waals surface area contributed by atoms with E-state index in [9.17, 15) is 4.79 Å². The second-order valence-corrected chi connectivity index (χ2v) is 5.74. The van der Waals surface area contributed by atoms with Crippen LogP contribution in [0.3, 0.4) is 0 Å². The van der Waals surface area contributed by atoms with Gasteiger partial charge in [0.1, 0.15) is 0 Å². The van der Waals surface area contributed by atoms with Gasteiger partial charge in [0.05, 0.1) is 4.88 Å². The van der Waals surface area contributed by atoms with Crippen LogP contribution in [-0.2, 0) is 6.42 Å². The largest absolute Gasteiger partial charge is 0.321 e. The van der Waals surface area contributed by atoms with Crippen LogP contribution in [0, 0.1) is 0 Å². The Bertz CT molecular complexity index is 727. The summed E-state index contributed by atoms with van der Waals surface area (Å²) in [4.78, 5) is 13.0. The first kappa shape index (κ1) is 12.9. The van der Waals surface area contributed by atoms with Gasteiger partial charge in [0.2, 0.25) is 0 Å². The third-order valence-electron chi connectivity index (χ3n) is 3.24. The topological polar surface area (TPSA) is 29.1 Å². The molecule has 0 fully saturated rings. The molecular weight excluding hydrogens is 266 g/mol. The SMILES string of the molecule is CCc1cccc(NC(=O)c2cc3ccccc3s2)c1. The second kappa shape index (κ2) is 5.47. The molecule has 3 rings (SSSR count). The molecular formula is C17H15NOS. The van der Waals surface area contributed by atoms with Crippen LogP contribution in [0.2, 0.25) is 0 Å². The van der Waals surface area contributed by atoms with Gasteiger partial charge in [-0.1, -0.05) is 37.3 Å². The summed E-state index contributed by atoms with van der Waals surface area (Å²) in [6, 6.07) is 18.0. The fourth-order valence-corrected chi connectivity index (χ4v) is 3.11. The zero-order chi connectivity index (χ0) is 13.9. The Balaban J connectivity index is 1.85. The van der Waals surface area contributed by atoms with E-state index in [2.05, 4.69) is 18.3 Å². The Morgan fingerprint density at radius 2 is 1.95 bits per heavy atom. The van der Waals surface area contributed by atoms with Crippen molar-refractivity contribution >= 4 is 33.0 Å². The molecule has 0 saturated carbocycles. The molecule has 100 valence electrons. The highest BCUT2D eigenvalue weighted by molar-refractivity contribution is 7.20. The van der Waals surface area contributed by atoms with E-state index in [1.807, 2.05) is 48.5 Å². The van der Waals surface area contributed by atoms with Crippen molar-refractivity contribution in [2.75, 3.05) is 5.32 Å². The molecule has 0 bridgehead atoms. The Kier molecular flexibility index (Phi) is 3.52. The molecule has 0 atom stereocenters. The molecule has 2 nitrogen and oxygen atoms in total. The summed E-state index contributed by atoms with van der Waals surface area (Å²) in [5.41, 5.74) is 2.07. The van der Waals surface area contributed by atoms with E-state index in [1.54, 1.807) is 0 Å². The van der Waals surface area contributed by atoms with Gasteiger partial charge in [0.15, 0.2) is 0 Å². The minimum absolute atomic E-state index is 0.0422. The molecule has 2 aromatic carbocycles. The third kappa shape index (κ3) is 2.58. The Morgan fingerprint density at radius 1 is 1.10 bits per heavy atom. The van der Waals surface area contributed by atoms with Crippen molar-refractivity contribution in [2.45, 2.75) is 13.3 Å². The molecule has 3 heteroatoms. The minimum Gasteiger partial charge on any atom is -0.321 e. The van der Waals surface area contributed by atoms with Crippen LogP contribution < -0.4 is 5.32 Å². The van der Waals surface area contributed by atoms with E-state index < -0.39 is 0 Å². The maximum Gasteiger partial charge on any atom is 0.265 e. The van der Waals surface area contributed by atoms with Crippen LogP contribution in [0.5, 0.6) is 0 Å². The van der Waals surface area contributed by atoms with Crippen LogP contribution in [0.4, 0.5) is 5.69 Å². The van der Waals surface area contributed by atoms with E-state index in [-0.39, 0.29) is 5.91 Å². The molecule has 0 aliphatic carbocycles. The van der Waals surface area contributed by atoms with Crippen molar-refractivity contribution in [1.82, 2.24) is 0 Å². The van der Waals surface area contributed by atoms with Gasteiger partial charge in [-0.05, 0) is 41.6 Å². The van der Waals surface area contributed by atoms with Gasteiger partial charge < -0.3 is 5.32 Å². The smallest absolute Gasteiger partial charge is 0.265 e. The average Bonchev–Trinajstić information content (AvgIpc) is 2.91. The number of thiophene rings is 1. The van der Waals surface area contributed by atoms with Crippen molar-refractivity contribution in [3.05, 3.63) is 65.0 Å². The normalized spacial score (nSPS) is 10.7. The molecule has 0 aliphatic heterocycles. The number of anilines is 1. The highest BCUT2D eigenvalue weighted by Crippen LogP contribution is 2.26. The second-order valence-electron chi connectivity index (χ2n) is 4.66. The predicted molar refractivity (Wildman–Crippen MR) is 85.6 cm³/mol. The van der Waals surface area contributed by atoms with Gasteiger partial charge in [-0.3, -0.25) is 4.79 Å². The van der Waals surface area contributed by atoms with Crippen molar-refractivity contribution in [3.8, 4) is 0 Å². The maximum atomic E-state index is 12.3. The van der Waals surface area contributed by atoms with Crippen LogP contribution in [0.1, 0.15) is 22.2 Å². The van der Waals surface area contributed by atoms with E-state index in [0.29, 0.717) is 0 Å². The molecule has 0 radical (unpaired) electrons. The predicted octanol–water partition coefficient (Wildman–Crippen LogP) is 4.72. The zero-order valence-corrected chi connectivity index (χ0v) is 12.0. The molecule has 0 unspecified atom stereocenters. The number of carbonyl (C=O) groups is 1. The molecule has 1 N–H and O–H groups in total. The molecule has 0 aliphatic rings. The number of rotatable bonds is 3. The molecule has 1 heterocycles. The first-order chi connectivity index (χ1) is 9.76. The maximum absolute atomic E-state index is 12.3. The molecule has 20 heavy (non-hydrogen) atoms. The number of carbonyl (C=O) groups excluding carboxylic acids is 1. The van der Waals surface area contributed by atoms with Gasteiger partial charge in [0.25, 0.3) is 5.91 Å². The highest BCUT2D eigenvalue weighted by atomic mass is 32.1. The molecule has 1 amide bonds. The fraction of sp³-hybridized carbons (Fsp3) is 0.118. The summed E-state index contributed by atoms with van der Waals surface area (Å²) in [5.74, 6) is -0.0422. The lowest BCUT2D eigenvalue weighted by Crippen LogP contribution is -2.10. The monoisotopic (exact) mass is 281 g/mol. The number of hydrogen-bond acceptors (Lipinski definition) is 2. The summed E-state index contributed by atoms with van der Waals surface area (Å²) in [5, 5.41) is 4.08. The third-order valence-corrected chi connectivity index (χ3v) is 4.36. The summed E-state index contributed by atoms with van der Waals surface area (Å²) < 4.78 is 1.14. The van der Waals surface area contributed by atoms with Gasteiger partial charge in [0, 0.05) is 10.4 Å². The quantitative estimate of drug-likeness (QED) is 0.739. The van der Waals surface area contributed by atoms with Crippen LogP contribution in [0.15, 0.2) is 54.6 Å². The number of nitrogens with one attached hydrogen (secondary N) is 1. The molecule has 0 spiro atoms. The zero-order valence-electron chi connectivity index (χ0n) is 11.2. The molecule has 0 saturated heterocycles. The number of benzene rings is 2. The summed E-state index contributed by atoms with van der Waals surface area (Å²) in [7, 11) is 0. The Labute approximate surface area is 122 Å². The Hall–Kier alpha value is -2.13. The van der Waals surface area contributed by atoms with Gasteiger partial charge in [-0.25, -0.2) is 0 Å². The van der Waals surface area contributed by atoms with E-state index in [0.717, 1.165) is 27.1 Å². The standard InChI is InChI=1S/C17H15NOS/c1-2-12-6-5-8-14(10-12)18-17(19)16-11-13-7-3-4-9-15(13)20-16/h3-11H,2H2,1H3,(H,18,19). The fourth-order valence-electron chi connectivity index (χ4n) is 2.16. The number of hydrogen-bond donors (Lipinski definition) is 1. The van der Waals surface area contributed by atoms with Crippen LogP contribution >= 0.6 is 11.3 Å². The first-order valence-corrected chi connectivity index (χ1v) is 7.47. The summed E-state index contributed by atoms with van der Waals surface area (Å²) in [6.45, 7) is 2.10. The lowest BCUT2D eigenvalue weighted by atomic mass is 10.1. The average molecular weight is 281 g/mol. The van der Waals surface area contributed by atoms with E-state index >= 15 is 0 Å². The van der Waals surface area contributed by atoms with E-state index in [4.69, 9.17) is 0 Å². The first-order valence-electron chi connectivity index (χ1n) is 6.65. The van der Waals surface area contributed by atoms with Gasteiger partial charge in [-0.2, -0.15) is 0 Å². The van der Waals surface area contributed by atoms with Crippen molar-refractivity contribution < 1.29 is 4.79 Å². The minimum atomic E-state index is -0.0422. The van der Waals surface area contributed by atoms with Gasteiger partial charge >= 0.3 is 0 Å². The molecule has 1 aromatic heterocycles. The number of fused-ring (bicyclic) bond motifs is 1. The summed E-state index contributed by atoms with van der Waals surface area (Å²) >= 11 is 1.52. The summed E-state index contributed by atoms with van der Waals surface area (Å²) in [6.07, 6.45) is 0.965.